The fraction of sp³-hybridized carbons (Fsp3) is 0.333. The zero-order valence-electron chi connectivity index (χ0n) is 18.2. The van der Waals surface area contributed by atoms with Gasteiger partial charge in [-0.3, -0.25) is 4.79 Å². The molecule has 0 bridgehead atoms. The lowest BCUT2D eigenvalue weighted by molar-refractivity contribution is -0.148. The van der Waals surface area contributed by atoms with Gasteiger partial charge < -0.3 is 19.5 Å². The number of anilines is 1. The van der Waals surface area contributed by atoms with Crippen LogP contribution in [0.1, 0.15) is 37.5 Å². The smallest absolute Gasteiger partial charge is 0.331 e. The number of hydrogen-bond donors (Lipinski definition) is 1. The normalized spacial score (nSPS) is 11.8. The fourth-order valence-electron chi connectivity index (χ4n) is 2.84. The summed E-state index contributed by atoms with van der Waals surface area (Å²) >= 11 is 0. The summed E-state index contributed by atoms with van der Waals surface area (Å²) in [6, 6.07) is 11.1. The van der Waals surface area contributed by atoms with E-state index in [4.69, 9.17) is 14.2 Å². The highest BCUT2D eigenvalue weighted by molar-refractivity contribution is 5.97. The Labute approximate surface area is 177 Å². The van der Waals surface area contributed by atoms with Gasteiger partial charge in [-0.05, 0) is 69.5 Å². The van der Waals surface area contributed by atoms with Crippen molar-refractivity contribution < 1.29 is 23.8 Å². The molecule has 0 fully saturated rings. The van der Waals surface area contributed by atoms with Crippen LogP contribution in [-0.2, 0) is 14.3 Å². The number of para-hydroxylation sites is 1. The number of hydrogen-bond acceptors (Lipinski definition) is 5. The van der Waals surface area contributed by atoms with Crippen LogP contribution in [-0.4, -0.2) is 31.2 Å². The largest absolute Gasteiger partial charge is 0.490 e. The van der Waals surface area contributed by atoms with Crippen LogP contribution in [0.25, 0.3) is 6.08 Å². The third-order valence-electron chi connectivity index (χ3n) is 4.37. The minimum atomic E-state index is -0.930. The second-order valence-electron chi connectivity index (χ2n) is 6.74. The van der Waals surface area contributed by atoms with E-state index in [2.05, 4.69) is 5.32 Å². The van der Waals surface area contributed by atoms with Crippen LogP contribution in [0.4, 0.5) is 5.69 Å². The van der Waals surface area contributed by atoms with Crippen LogP contribution in [0, 0.1) is 13.8 Å². The zero-order chi connectivity index (χ0) is 22.1. The van der Waals surface area contributed by atoms with E-state index in [0.717, 1.165) is 22.4 Å². The Morgan fingerprint density at radius 3 is 2.27 bits per heavy atom. The second kappa shape index (κ2) is 11.0. The van der Waals surface area contributed by atoms with Crippen molar-refractivity contribution >= 4 is 23.6 Å². The first kappa shape index (κ1) is 23.0. The Kier molecular flexibility index (Phi) is 8.47. The number of nitrogens with one attached hydrogen (secondary N) is 1. The molecule has 1 amide bonds. The summed E-state index contributed by atoms with van der Waals surface area (Å²) in [4.78, 5) is 24.6. The predicted molar refractivity (Wildman–Crippen MR) is 118 cm³/mol. The van der Waals surface area contributed by atoms with Gasteiger partial charge in [-0.2, -0.15) is 0 Å². The molecule has 160 valence electrons. The third kappa shape index (κ3) is 6.37. The maximum atomic E-state index is 12.4. The number of benzene rings is 2. The van der Waals surface area contributed by atoms with Gasteiger partial charge in [0.05, 0.1) is 13.2 Å². The summed E-state index contributed by atoms with van der Waals surface area (Å²) in [5.41, 5.74) is 3.38. The van der Waals surface area contributed by atoms with E-state index in [1.54, 1.807) is 25.1 Å². The van der Waals surface area contributed by atoms with Crippen LogP contribution in [0.2, 0.25) is 0 Å². The highest BCUT2D eigenvalue weighted by Crippen LogP contribution is 2.29. The summed E-state index contributed by atoms with van der Waals surface area (Å²) in [6.45, 7) is 10.2. The van der Waals surface area contributed by atoms with Gasteiger partial charge in [0.1, 0.15) is 0 Å². The Morgan fingerprint density at radius 2 is 1.63 bits per heavy atom. The summed E-state index contributed by atoms with van der Waals surface area (Å²) in [6.07, 6.45) is 1.96. The Morgan fingerprint density at radius 1 is 1.00 bits per heavy atom. The number of esters is 1. The highest BCUT2D eigenvalue weighted by Gasteiger charge is 2.18. The molecule has 6 heteroatoms. The van der Waals surface area contributed by atoms with E-state index in [-0.39, 0.29) is 5.91 Å². The number of carbonyl (C=O) groups is 2. The molecule has 6 nitrogen and oxygen atoms in total. The number of carbonyl (C=O) groups excluding carboxylic acids is 2. The summed E-state index contributed by atoms with van der Waals surface area (Å²) in [7, 11) is 0. The standard InChI is InChI=1S/C24H29NO5/c1-6-28-20-13-11-19(15-21(20)29-7-2)12-14-22(26)30-18(5)24(27)25-23-16(3)9-8-10-17(23)4/h8-15,18H,6-7H2,1-5H3,(H,25,27)/b14-12+/t18-/m1/s1. The van der Waals surface area contributed by atoms with Crippen LogP contribution in [0.15, 0.2) is 42.5 Å². The highest BCUT2D eigenvalue weighted by atomic mass is 16.5. The van der Waals surface area contributed by atoms with Crippen molar-refractivity contribution in [2.24, 2.45) is 0 Å². The van der Waals surface area contributed by atoms with Crippen LogP contribution >= 0.6 is 0 Å². The minimum Gasteiger partial charge on any atom is -0.490 e. The molecule has 0 unspecified atom stereocenters. The van der Waals surface area contributed by atoms with Crippen molar-refractivity contribution in [1.29, 1.82) is 0 Å². The average Bonchev–Trinajstić information content (AvgIpc) is 2.71. The Hall–Kier alpha value is -3.28. The maximum Gasteiger partial charge on any atom is 0.331 e. The summed E-state index contributed by atoms with van der Waals surface area (Å²) < 4.78 is 16.3. The van der Waals surface area contributed by atoms with E-state index < -0.39 is 12.1 Å². The van der Waals surface area contributed by atoms with Gasteiger partial charge in [0, 0.05) is 11.8 Å². The second-order valence-corrected chi connectivity index (χ2v) is 6.74. The Bertz CT molecular complexity index is 900. The fourth-order valence-corrected chi connectivity index (χ4v) is 2.84. The molecule has 1 N–H and O–H groups in total. The molecule has 0 heterocycles. The molecular weight excluding hydrogens is 382 g/mol. The summed E-state index contributed by atoms with van der Waals surface area (Å²) in [5, 5.41) is 2.83. The molecular formula is C24H29NO5. The molecule has 2 rings (SSSR count). The van der Waals surface area contributed by atoms with E-state index in [0.29, 0.717) is 24.7 Å². The van der Waals surface area contributed by atoms with Gasteiger partial charge in [-0.25, -0.2) is 4.79 Å². The monoisotopic (exact) mass is 411 g/mol. The average molecular weight is 411 g/mol. The minimum absolute atomic E-state index is 0.381. The van der Waals surface area contributed by atoms with Crippen LogP contribution in [0.3, 0.4) is 0 Å². The van der Waals surface area contributed by atoms with Crippen LogP contribution in [0.5, 0.6) is 11.5 Å². The molecule has 0 saturated heterocycles. The molecule has 2 aromatic rings. The van der Waals surface area contributed by atoms with Crippen molar-refractivity contribution in [1.82, 2.24) is 0 Å². The van der Waals surface area contributed by atoms with Crippen molar-refractivity contribution in [3.8, 4) is 11.5 Å². The van der Waals surface area contributed by atoms with Gasteiger partial charge in [-0.1, -0.05) is 24.3 Å². The van der Waals surface area contributed by atoms with Crippen molar-refractivity contribution in [3.63, 3.8) is 0 Å². The van der Waals surface area contributed by atoms with Gasteiger partial charge in [0.25, 0.3) is 5.91 Å². The van der Waals surface area contributed by atoms with E-state index >= 15 is 0 Å². The predicted octanol–water partition coefficient (Wildman–Crippen LogP) is 4.68. The van der Waals surface area contributed by atoms with Gasteiger partial charge in [0.2, 0.25) is 0 Å². The quantitative estimate of drug-likeness (QED) is 0.479. The maximum absolute atomic E-state index is 12.4. The Balaban J connectivity index is 1.99. The molecule has 30 heavy (non-hydrogen) atoms. The summed E-state index contributed by atoms with van der Waals surface area (Å²) in [5.74, 6) is 0.270. The third-order valence-corrected chi connectivity index (χ3v) is 4.37. The van der Waals surface area contributed by atoms with E-state index in [9.17, 15) is 9.59 Å². The lowest BCUT2D eigenvalue weighted by Crippen LogP contribution is -2.30. The molecule has 0 aliphatic carbocycles. The van der Waals surface area contributed by atoms with Crippen molar-refractivity contribution in [2.75, 3.05) is 18.5 Å². The molecule has 2 aromatic carbocycles. The number of rotatable bonds is 9. The van der Waals surface area contributed by atoms with E-state index in [1.807, 2.05) is 52.0 Å². The SMILES string of the molecule is CCOc1ccc(/C=C/C(=O)O[C@H](C)C(=O)Nc2c(C)cccc2C)cc1OCC. The first-order valence-electron chi connectivity index (χ1n) is 10.0. The molecule has 0 radical (unpaired) electrons. The van der Waals surface area contributed by atoms with Crippen LogP contribution < -0.4 is 14.8 Å². The van der Waals surface area contributed by atoms with Crippen molar-refractivity contribution in [2.45, 2.75) is 40.7 Å². The number of ether oxygens (including phenoxy) is 3. The molecule has 0 aromatic heterocycles. The van der Waals surface area contributed by atoms with E-state index in [1.165, 1.54) is 6.08 Å². The lowest BCUT2D eigenvalue weighted by atomic mass is 10.1. The first-order chi connectivity index (χ1) is 14.3. The van der Waals surface area contributed by atoms with Gasteiger partial charge >= 0.3 is 5.97 Å². The first-order valence-corrected chi connectivity index (χ1v) is 10.0. The number of aryl methyl sites for hydroxylation is 2. The molecule has 0 aliphatic rings. The van der Waals surface area contributed by atoms with Crippen molar-refractivity contribution in [3.05, 3.63) is 59.2 Å². The number of amides is 1. The molecule has 0 spiro atoms. The van der Waals surface area contributed by atoms with Gasteiger partial charge in [0.15, 0.2) is 17.6 Å². The van der Waals surface area contributed by atoms with Gasteiger partial charge in [-0.15, -0.1) is 0 Å². The molecule has 0 saturated carbocycles. The lowest BCUT2D eigenvalue weighted by Gasteiger charge is -2.15. The molecule has 0 aliphatic heterocycles. The topological polar surface area (TPSA) is 73.9 Å². The molecule has 1 atom stereocenters. The zero-order valence-corrected chi connectivity index (χ0v) is 18.2.